The Morgan fingerprint density at radius 3 is 2.57 bits per heavy atom. The van der Waals surface area contributed by atoms with Gasteiger partial charge >= 0.3 is 0 Å². The van der Waals surface area contributed by atoms with Crippen molar-refractivity contribution in [3.8, 4) is 0 Å². The molecular formula is C13H24O. The molecule has 1 nitrogen and oxygen atoms in total. The summed E-state index contributed by atoms with van der Waals surface area (Å²) in [5, 5.41) is 0. The van der Waals surface area contributed by atoms with Crippen molar-refractivity contribution in [1.82, 2.24) is 0 Å². The third-order valence-electron chi connectivity index (χ3n) is 3.35. The maximum Gasteiger partial charge on any atom is 0.101 e. The summed E-state index contributed by atoms with van der Waals surface area (Å²) in [6.07, 6.45) is 8.23. The summed E-state index contributed by atoms with van der Waals surface area (Å²) in [5.74, 6) is 2.33. The minimum absolute atomic E-state index is 0.454. The number of ether oxygens (including phenoxy) is 1. The van der Waals surface area contributed by atoms with Crippen molar-refractivity contribution in [2.24, 2.45) is 17.8 Å². The van der Waals surface area contributed by atoms with Crippen LogP contribution in [0.3, 0.4) is 0 Å². The van der Waals surface area contributed by atoms with E-state index in [0.29, 0.717) is 6.10 Å². The van der Waals surface area contributed by atoms with Crippen LogP contribution in [0.2, 0.25) is 0 Å². The highest BCUT2D eigenvalue weighted by Crippen LogP contribution is 2.35. The first-order valence-electron chi connectivity index (χ1n) is 5.91. The lowest BCUT2D eigenvalue weighted by molar-refractivity contribution is 0.0135. The van der Waals surface area contributed by atoms with Gasteiger partial charge in [0.2, 0.25) is 0 Å². The molecule has 1 aliphatic rings. The fraction of sp³-hybridized carbons (Fsp3) is 0.846. The van der Waals surface area contributed by atoms with Gasteiger partial charge in [0.05, 0.1) is 6.26 Å². The summed E-state index contributed by atoms with van der Waals surface area (Å²) in [7, 11) is 0. The van der Waals surface area contributed by atoms with Crippen molar-refractivity contribution in [1.29, 1.82) is 0 Å². The predicted octanol–water partition coefficient (Wildman–Crippen LogP) is 4.00. The fourth-order valence-electron chi connectivity index (χ4n) is 2.45. The summed E-state index contributed by atoms with van der Waals surface area (Å²) in [6, 6.07) is 0. The van der Waals surface area contributed by atoms with Crippen molar-refractivity contribution in [3.63, 3.8) is 0 Å². The minimum atomic E-state index is 0.454. The average Bonchev–Trinajstić information content (AvgIpc) is 2.14. The Kier molecular flexibility index (Phi) is 4.50. The number of allylic oxidation sites excluding steroid dienone is 1. The highest BCUT2D eigenvalue weighted by molar-refractivity contribution is 4.83. The summed E-state index contributed by atoms with van der Waals surface area (Å²) in [6.45, 7) is 8.97. The number of hydrogen-bond acceptors (Lipinski definition) is 1. The second-order valence-electron chi connectivity index (χ2n) is 4.97. The van der Waals surface area contributed by atoms with Gasteiger partial charge in [-0.05, 0) is 37.5 Å². The zero-order chi connectivity index (χ0) is 10.6. The van der Waals surface area contributed by atoms with Crippen LogP contribution < -0.4 is 0 Å². The van der Waals surface area contributed by atoms with Gasteiger partial charge in [-0.1, -0.05) is 33.3 Å². The van der Waals surface area contributed by atoms with Crippen LogP contribution in [0.4, 0.5) is 0 Å². The molecule has 0 saturated heterocycles. The molecule has 0 aromatic heterocycles. The molecule has 0 aromatic carbocycles. The molecule has 82 valence electrons. The molecule has 0 spiro atoms. The Labute approximate surface area is 88.5 Å². The molecule has 1 saturated carbocycles. The summed E-state index contributed by atoms with van der Waals surface area (Å²) in [4.78, 5) is 0. The smallest absolute Gasteiger partial charge is 0.101 e. The fourth-order valence-corrected chi connectivity index (χ4v) is 2.45. The standard InChI is InChI=1S/C13H24O/c1-5-8-14-13-9-11(4)6-7-12(13)10(2)3/h5,8,10-13H,6-7,9H2,1-4H3/b8-5+/t11-,12+,13-/m1/s1. The Morgan fingerprint density at radius 1 is 1.29 bits per heavy atom. The number of rotatable bonds is 3. The maximum absolute atomic E-state index is 5.80. The highest BCUT2D eigenvalue weighted by Gasteiger charge is 2.31. The first kappa shape index (κ1) is 11.6. The first-order chi connectivity index (χ1) is 6.65. The molecule has 0 radical (unpaired) electrons. The summed E-state index contributed by atoms with van der Waals surface area (Å²) < 4.78 is 5.80. The van der Waals surface area contributed by atoms with Crippen molar-refractivity contribution >= 4 is 0 Å². The zero-order valence-electron chi connectivity index (χ0n) is 9.99. The second-order valence-corrected chi connectivity index (χ2v) is 4.97. The summed E-state index contributed by atoms with van der Waals surface area (Å²) >= 11 is 0. The van der Waals surface area contributed by atoms with E-state index in [1.165, 1.54) is 19.3 Å². The molecule has 0 aliphatic heterocycles. The van der Waals surface area contributed by atoms with E-state index in [1.54, 1.807) is 0 Å². The van der Waals surface area contributed by atoms with Crippen LogP contribution in [0.1, 0.15) is 47.0 Å². The van der Waals surface area contributed by atoms with Crippen LogP contribution in [-0.4, -0.2) is 6.10 Å². The molecule has 0 heterocycles. The van der Waals surface area contributed by atoms with Crippen molar-refractivity contribution in [3.05, 3.63) is 12.3 Å². The normalized spacial score (nSPS) is 33.9. The predicted molar refractivity (Wildman–Crippen MR) is 61.0 cm³/mol. The Bertz CT molecular complexity index is 184. The third-order valence-corrected chi connectivity index (χ3v) is 3.35. The monoisotopic (exact) mass is 196 g/mol. The van der Waals surface area contributed by atoms with Crippen LogP contribution >= 0.6 is 0 Å². The van der Waals surface area contributed by atoms with Gasteiger partial charge in [-0.2, -0.15) is 0 Å². The van der Waals surface area contributed by atoms with Crippen LogP contribution in [0.5, 0.6) is 0 Å². The van der Waals surface area contributed by atoms with Crippen molar-refractivity contribution in [2.45, 2.75) is 53.1 Å². The minimum Gasteiger partial charge on any atom is -0.498 e. The van der Waals surface area contributed by atoms with Crippen LogP contribution in [0.25, 0.3) is 0 Å². The molecule has 1 aliphatic carbocycles. The van der Waals surface area contributed by atoms with Gasteiger partial charge in [-0.25, -0.2) is 0 Å². The molecule has 3 atom stereocenters. The molecule has 0 amide bonds. The first-order valence-corrected chi connectivity index (χ1v) is 5.91. The third kappa shape index (κ3) is 3.04. The molecule has 14 heavy (non-hydrogen) atoms. The van der Waals surface area contributed by atoms with Gasteiger partial charge in [0, 0.05) is 0 Å². The molecule has 1 rings (SSSR count). The van der Waals surface area contributed by atoms with E-state index in [0.717, 1.165) is 17.8 Å². The van der Waals surface area contributed by atoms with E-state index in [1.807, 2.05) is 19.3 Å². The highest BCUT2D eigenvalue weighted by atomic mass is 16.5. The van der Waals surface area contributed by atoms with Gasteiger partial charge < -0.3 is 4.74 Å². The SMILES string of the molecule is C/C=C/O[C@@H]1C[C@H](C)CC[C@H]1C(C)C. The van der Waals surface area contributed by atoms with E-state index in [-0.39, 0.29) is 0 Å². The zero-order valence-corrected chi connectivity index (χ0v) is 9.99. The van der Waals surface area contributed by atoms with E-state index < -0.39 is 0 Å². The number of hydrogen-bond donors (Lipinski definition) is 0. The van der Waals surface area contributed by atoms with E-state index in [2.05, 4.69) is 20.8 Å². The Hall–Kier alpha value is -0.460. The Balaban J connectivity index is 2.54. The van der Waals surface area contributed by atoms with Crippen LogP contribution in [0, 0.1) is 17.8 Å². The van der Waals surface area contributed by atoms with Gasteiger partial charge in [0.25, 0.3) is 0 Å². The maximum atomic E-state index is 5.80. The van der Waals surface area contributed by atoms with Crippen molar-refractivity contribution < 1.29 is 4.74 Å². The lowest BCUT2D eigenvalue weighted by Crippen LogP contribution is -2.33. The van der Waals surface area contributed by atoms with Gasteiger partial charge in [0.1, 0.15) is 6.10 Å². The molecule has 0 unspecified atom stereocenters. The second kappa shape index (κ2) is 5.43. The molecule has 0 N–H and O–H groups in total. The average molecular weight is 196 g/mol. The Morgan fingerprint density at radius 2 is 2.00 bits per heavy atom. The molecule has 1 heteroatoms. The largest absolute Gasteiger partial charge is 0.498 e. The quantitative estimate of drug-likeness (QED) is 0.620. The van der Waals surface area contributed by atoms with Crippen LogP contribution in [0.15, 0.2) is 12.3 Å². The molecular weight excluding hydrogens is 172 g/mol. The summed E-state index contributed by atoms with van der Waals surface area (Å²) in [5.41, 5.74) is 0. The van der Waals surface area contributed by atoms with E-state index in [9.17, 15) is 0 Å². The molecule has 1 fully saturated rings. The van der Waals surface area contributed by atoms with Gasteiger partial charge in [-0.3, -0.25) is 0 Å². The molecule has 0 bridgehead atoms. The van der Waals surface area contributed by atoms with E-state index in [4.69, 9.17) is 4.74 Å². The lowest BCUT2D eigenvalue weighted by atomic mass is 9.75. The van der Waals surface area contributed by atoms with Gasteiger partial charge in [0.15, 0.2) is 0 Å². The van der Waals surface area contributed by atoms with Crippen LogP contribution in [-0.2, 0) is 4.74 Å². The lowest BCUT2D eigenvalue weighted by Gasteiger charge is -2.36. The van der Waals surface area contributed by atoms with Gasteiger partial charge in [-0.15, -0.1) is 0 Å². The van der Waals surface area contributed by atoms with E-state index >= 15 is 0 Å². The van der Waals surface area contributed by atoms with Crippen molar-refractivity contribution in [2.75, 3.05) is 0 Å². The molecule has 0 aromatic rings. The topological polar surface area (TPSA) is 9.23 Å².